The van der Waals surface area contributed by atoms with Gasteiger partial charge in [-0.3, -0.25) is 4.79 Å². The number of carbonyl (C=O) groups excluding carboxylic acids is 1. The van der Waals surface area contributed by atoms with Crippen molar-refractivity contribution in [3.05, 3.63) is 58.9 Å². The minimum atomic E-state index is 0.0564. The molecule has 18 heavy (non-hydrogen) atoms. The zero-order chi connectivity index (χ0) is 13.0. The van der Waals surface area contributed by atoms with Crippen molar-refractivity contribution in [2.45, 2.75) is 26.8 Å². The van der Waals surface area contributed by atoms with Crippen LogP contribution in [0.4, 0.5) is 0 Å². The van der Waals surface area contributed by atoms with Gasteiger partial charge < -0.3 is 10.3 Å². The lowest BCUT2D eigenvalue weighted by Gasteiger charge is -2.05. The molecular weight excluding hydrogens is 224 g/mol. The molecule has 0 spiro atoms. The number of hydrogen-bond donors (Lipinski definition) is 2. The largest absolute Gasteiger partial charge is 0.362 e. The molecule has 0 fully saturated rings. The molecule has 0 bridgehead atoms. The van der Waals surface area contributed by atoms with E-state index >= 15 is 0 Å². The Morgan fingerprint density at radius 2 is 1.94 bits per heavy atom. The Kier molecular flexibility index (Phi) is 3.82. The van der Waals surface area contributed by atoms with Crippen molar-refractivity contribution < 1.29 is 4.79 Å². The number of aromatic nitrogens is 1. The third kappa shape index (κ3) is 3.23. The summed E-state index contributed by atoms with van der Waals surface area (Å²) in [5, 5.41) is 2.93. The lowest BCUT2D eigenvalue weighted by molar-refractivity contribution is -0.120. The van der Waals surface area contributed by atoms with E-state index < -0.39 is 0 Å². The summed E-state index contributed by atoms with van der Waals surface area (Å²) in [7, 11) is 0. The second kappa shape index (κ2) is 5.54. The molecule has 0 saturated heterocycles. The molecule has 1 aromatic carbocycles. The minimum Gasteiger partial charge on any atom is -0.362 e. The molecule has 0 atom stereocenters. The number of aromatic amines is 1. The molecule has 0 unspecified atom stereocenters. The molecule has 1 amide bonds. The normalized spacial score (nSPS) is 10.3. The fourth-order valence-electron chi connectivity index (χ4n) is 2.00. The summed E-state index contributed by atoms with van der Waals surface area (Å²) in [6.07, 6.45) is 0.434. The lowest BCUT2D eigenvalue weighted by Crippen LogP contribution is -2.24. The zero-order valence-corrected chi connectivity index (χ0v) is 10.8. The van der Waals surface area contributed by atoms with E-state index in [0.29, 0.717) is 13.0 Å². The van der Waals surface area contributed by atoms with Gasteiger partial charge in [0, 0.05) is 17.9 Å². The molecule has 2 N–H and O–H groups in total. The van der Waals surface area contributed by atoms with Gasteiger partial charge in [-0.25, -0.2) is 0 Å². The van der Waals surface area contributed by atoms with Crippen molar-refractivity contribution in [2.24, 2.45) is 0 Å². The first-order valence-corrected chi connectivity index (χ1v) is 6.11. The standard InChI is InChI=1S/C15H18N2O/c1-11-8-14(12(2)17-11)9-15(18)16-10-13-6-4-3-5-7-13/h3-8,17H,9-10H2,1-2H3,(H,16,18). The van der Waals surface area contributed by atoms with Gasteiger partial charge in [0.25, 0.3) is 0 Å². The van der Waals surface area contributed by atoms with Crippen molar-refractivity contribution >= 4 is 5.91 Å². The first kappa shape index (κ1) is 12.4. The summed E-state index contributed by atoms with van der Waals surface area (Å²) in [5.41, 5.74) is 4.35. The van der Waals surface area contributed by atoms with Crippen molar-refractivity contribution in [1.29, 1.82) is 0 Å². The van der Waals surface area contributed by atoms with Gasteiger partial charge in [-0.15, -0.1) is 0 Å². The number of carbonyl (C=O) groups is 1. The van der Waals surface area contributed by atoms with Crippen LogP contribution >= 0.6 is 0 Å². The number of amides is 1. The summed E-state index contributed by atoms with van der Waals surface area (Å²) < 4.78 is 0. The van der Waals surface area contributed by atoms with Crippen molar-refractivity contribution in [3.8, 4) is 0 Å². The van der Waals surface area contributed by atoms with E-state index in [0.717, 1.165) is 22.5 Å². The zero-order valence-electron chi connectivity index (χ0n) is 10.8. The first-order chi connectivity index (χ1) is 8.65. The highest BCUT2D eigenvalue weighted by Crippen LogP contribution is 2.09. The molecule has 2 rings (SSSR count). The maximum absolute atomic E-state index is 11.8. The fraction of sp³-hybridized carbons (Fsp3) is 0.267. The summed E-state index contributed by atoms with van der Waals surface area (Å²) in [6.45, 7) is 4.58. The average Bonchev–Trinajstić information content (AvgIpc) is 2.67. The molecule has 94 valence electrons. The van der Waals surface area contributed by atoms with Crippen LogP contribution in [0.1, 0.15) is 22.5 Å². The van der Waals surface area contributed by atoms with Crippen LogP contribution < -0.4 is 5.32 Å². The van der Waals surface area contributed by atoms with Gasteiger partial charge in [-0.2, -0.15) is 0 Å². The number of aryl methyl sites for hydroxylation is 2. The molecular formula is C15H18N2O. The maximum Gasteiger partial charge on any atom is 0.224 e. The van der Waals surface area contributed by atoms with E-state index in [1.807, 2.05) is 50.2 Å². The number of rotatable bonds is 4. The molecule has 0 aliphatic heterocycles. The van der Waals surface area contributed by atoms with Gasteiger partial charge in [0.15, 0.2) is 0 Å². The van der Waals surface area contributed by atoms with E-state index in [1.54, 1.807) is 0 Å². The van der Waals surface area contributed by atoms with E-state index in [9.17, 15) is 4.79 Å². The Hall–Kier alpha value is -2.03. The Balaban J connectivity index is 1.88. The predicted octanol–water partition coefficient (Wildman–Crippen LogP) is 2.49. The second-order valence-corrected chi connectivity index (χ2v) is 4.54. The quantitative estimate of drug-likeness (QED) is 0.850. The third-order valence-corrected chi connectivity index (χ3v) is 2.94. The third-order valence-electron chi connectivity index (χ3n) is 2.94. The summed E-state index contributed by atoms with van der Waals surface area (Å²) in [4.78, 5) is 15.0. The van der Waals surface area contributed by atoms with Crippen LogP contribution in [0.5, 0.6) is 0 Å². The Morgan fingerprint density at radius 1 is 1.22 bits per heavy atom. The van der Waals surface area contributed by atoms with Gasteiger partial charge in [0.2, 0.25) is 5.91 Å². The lowest BCUT2D eigenvalue weighted by atomic mass is 10.1. The second-order valence-electron chi connectivity index (χ2n) is 4.54. The topological polar surface area (TPSA) is 44.9 Å². The SMILES string of the molecule is Cc1cc(CC(=O)NCc2ccccc2)c(C)[nH]1. The number of hydrogen-bond acceptors (Lipinski definition) is 1. The molecule has 0 radical (unpaired) electrons. The number of benzene rings is 1. The van der Waals surface area contributed by atoms with Gasteiger partial charge in [-0.05, 0) is 31.0 Å². The van der Waals surface area contributed by atoms with Gasteiger partial charge in [0.1, 0.15) is 0 Å². The van der Waals surface area contributed by atoms with Crippen LogP contribution in [0.25, 0.3) is 0 Å². The summed E-state index contributed by atoms with van der Waals surface area (Å²) in [5.74, 6) is 0.0564. The highest BCUT2D eigenvalue weighted by Gasteiger charge is 2.07. The first-order valence-electron chi connectivity index (χ1n) is 6.11. The van der Waals surface area contributed by atoms with Crippen LogP contribution in [-0.4, -0.2) is 10.9 Å². The highest BCUT2D eigenvalue weighted by atomic mass is 16.1. The van der Waals surface area contributed by atoms with Crippen LogP contribution in [-0.2, 0) is 17.8 Å². The van der Waals surface area contributed by atoms with E-state index in [-0.39, 0.29) is 5.91 Å². The van der Waals surface area contributed by atoms with Crippen LogP contribution in [0.3, 0.4) is 0 Å². The van der Waals surface area contributed by atoms with Crippen LogP contribution in [0.2, 0.25) is 0 Å². The van der Waals surface area contributed by atoms with Crippen molar-refractivity contribution in [2.75, 3.05) is 0 Å². The van der Waals surface area contributed by atoms with Crippen LogP contribution in [0, 0.1) is 13.8 Å². The molecule has 0 aliphatic rings. The molecule has 2 aromatic rings. The summed E-state index contributed by atoms with van der Waals surface area (Å²) in [6, 6.07) is 12.0. The Morgan fingerprint density at radius 3 is 2.56 bits per heavy atom. The average molecular weight is 242 g/mol. The highest BCUT2D eigenvalue weighted by molar-refractivity contribution is 5.78. The molecule has 0 aliphatic carbocycles. The van der Waals surface area contributed by atoms with Gasteiger partial charge >= 0.3 is 0 Å². The summed E-state index contributed by atoms with van der Waals surface area (Å²) >= 11 is 0. The van der Waals surface area contributed by atoms with Gasteiger partial charge in [0.05, 0.1) is 6.42 Å². The fourth-order valence-corrected chi connectivity index (χ4v) is 2.00. The van der Waals surface area contributed by atoms with E-state index in [2.05, 4.69) is 10.3 Å². The smallest absolute Gasteiger partial charge is 0.224 e. The molecule has 3 nitrogen and oxygen atoms in total. The van der Waals surface area contributed by atoms with E-state index in [4.69, 9.17) is 0 Å². The molecule has 1 aromatic heterocycles. The monoisotopic (exact) mass is 242 g/mol. The van der Waals surface area contributed by atoms with Crippen LogP contribution in [0.15, 0.2) is 36.4 Å². The number of H-pyrrole nitrogens is 1. The Bertz CT molecular complexity index is 529. The minimum absolute atomic E-state index is 0.0564. The molecule has 3 heteroatoms. The Labute approximate surface area is 107 Å². The van der Waals surface area contributed by atoms with Gasteiger partial charge in [-0.1, -0.05) is 30.3 Å². The maximum atomic E-state index is 11.8. The van der Waals surface area contributed by atoms with E-state index in [1.165, 1.54) is 0 Å². The number of nitrogens with one attached hydrogen (secondary N) is 2. The molecule has 0 saturated carbocycles. The molecule has 1 heterocycles. The van der Waals surface area contributed by atoms with Crippen molar-refractivity contribution in [1.82, 2.24) is 10.3 Å². The van der Waals surface area contributed by atoms with Crippen molar-refractivity contribution in [3.63, 3.8) is 0 Å². The predicted molar refractivity (Wildman–Crippen MR) is 72.3 cm³/mol.